The quantitative estimate of drug-likeness (QED) is 0.763. The highest BCUT2D eigenvalue weighted by Gasteiger charge is 2.19. The minimum atomic E-state index is -0.920. The Balaban J connectivity index is 2.62. The van der Waals surface area contributed by atoms with Gasteiger partial charge in [0.1, 0.15) is 5.82 Å². The van der Waals surface area contributed by atoms with E-state index in [1.165, 1.54) is 0 Å². The maximum atomic E-state index is 11.6. The smallest absolute Gasteiger partial charge is 0.127 e. The summed E-state index contributed by atoms with van der Waals surface area (Å²) in [7, 11) is -0.920. The second-order valence-corrected chi connectivity index (χ2v) is 8.03. The van der Waals surface area contributed by atoms with Crippen molar-refractivity contribution in [2.24, 2.45) is 0 Å². The second-order valence-electron chi connectivity index (χ2n) is 4.76. The van der Waals surface area contributed by atoms with E-state index in [9.17, 15) is 4.21 Å². The fourth-order valence-electron chi connectivity index (χ4n) is 2.00. The molecule has 3 nitrogen and oxygen atoms in total. The van der Waals surface area contributed by atoms with Crippen LogP contribution in [-0.2, 0) is 17.3 Å². The standard InChI is InChI=1S/C13H15Cl3N2OS/c1-7(20(3)19)6-18-12-5-10(16)9(15)4-11(12)17-13(18)8(2)14/h4-5,7-8H,6H2,1-3H3. The lowest BCUT2D eigenvalue weighted by atomic mass is 10.3. The number of rotatable bonds is 4. The van der Waals surface area contributed by atoms with Crippen LogP contribution < -0.4 is 0 Å². The molecule has 7 heteroatoms. The molecule has 1 aromatic heterocycles. The zero-order chi connectivity index (χ0) is 15.0. The second kappa shape index (κ2) is 6.22. The number of imidazole rings is 1. The molecule has 3 atom stereocenters. The van der Waals surface area contributed by atoms with E-state index in [0.29, 0.717) is 16.6 Å². The van der Waals surface area contributed by atoms with Crippen LogP contribution in [-0.4, -0.2) is 25.3 Å². The van der Waals surface area contributed by atoms with Gasteiger partial charge in [-0.15, -0.1) is 11.6 Å². The average Bonchev–Trinajstić information content (AvgIpc) is 2.68. The summed E-state index contributed by atoms with van der Waals surface area (Å²) in [6.07, 6.45) is 1.69. The van der Waals surface area contributed by atoms with E-state index in [2.05, 4.69) is 4.98 Å². The number of nitrogens with zero attached hydrogens (tertiary/aromatic N) is 2. The van der Waals surface area contributed by atoms with Gasteiger partial charge in [-0.05, 0) is 26.0 Å². The molecule has 2 rings (SSSR count). The molecule has 0 spiro atoms. The molecule has 0 bridgehead atoms. The van der Waals surface area contributed by atoms with Crippen LogP contribution in [0, 0.1) is 0 Å². The first-order valence-electron chi connectivity index (χ1n) is 6.12. The van der Waals surface area contributed by atoms with E-state index >= 15 is 0 Å². The minimum Gasteiger partial charge on any atom is -0.325 e. The molecule has 1 aromatic carbocycles. The Morgan fingerprint density at radius 3 is 2.45 bits per heavy atom. The van der Waals surface area contributed by atoms with Gasteiger partial charge in [0.05, 0.1) is 26.5 Å². The molecular weight excluding hydrogens is 339 g/mol. The molecule has 0 saturated carbocycles. The topological polar surface area (TPSA) is 34.9 Å². The molecule has 110 valence electrons. The minimum absolute atomic E-state index is 0.00368. The van der Waals surface area contributed by atoms with Crippen LogP contribution in [0.25, 0.3) is 11.0 Å². The average molecular weight is 354 g/mol. The highest BCUT2D eigenvalue weighted by atomic mass is 35.5. The van der Waals surface area contributed by atoms with Crippen LogP contribution >= 0.6 is 34.8 Å². The van der Waals surface area contributed by atoms with Crippen molar-refractivity contribution in [2.75, 3.05) is 6.26 Å². The van der Waals surface area contributed by atoms with Gasteiger partial charge in [0.2, 0.25) is 0 Å². The molecular formula is C13H15Cl3N2OS. The van der Waals surface area contributed by atoms with E-state index in [4.69, 9.17) is 34.8 Å². The van der Waals surface area contributed by atoms with E-state index in [1.807, 2.05) is 18.4 Å². The predicted molar refractivity (Wildman–Crippen MR) is 87.5 cm³/mol. The summed E-state index contributed by atoms with van der Waals surface area (Å²) in [6.45, 7) is 4.36. The number of hydrogen-bond acceptors (Lipinski definition) is 2. The molecule has 0 radical (unpaired) electrons. The predicted octanol–water partition coefficient (Wildman–Crippen LogP) is 4.41. The van der Waals surface area contributed by atoms with Crippen molar-refractivity contribution in [2.45, 2.75) is 31.0 Å². The summed E-state index contributed by atoms with van der Waals surface area (Å²) in [5, 5.41) is 0.678. The summed E-state index contributed by atoms with van der Waals surface area (Å²) < 4.78 is 13.6. The molecule has 0 aliphatic carbocycles. The third-order valence-electron chi connectivity index (χ3n) is 3.18. The zero-order valence-electron chi connectivity index (χ0n) is 11.4. The lowest BCUT2D eigenvalue weighted by molar-refractivity contribution is 0.632. The Bertz CT molecular complexity index is 669. The van der Waals surface area contributed by atoms with Crippen molar-refractivity contribution in [3.8, 4) is 0 Å². The Hall–Kier alpha value is -0.290. The van der Waals surface area contributed by atoms with Crippen LogP contribution in [0.5, 0.6) is 0 Å². The molecule has 2 aromatic rings. The molecule has 0 fully saturated rings. The molecule has 1 heterocycles. The van der Waals surface area contributed by atoms with Crippen molar-refractivity contribution < 1.29 is 4.21 Å². The van der Waals surface area contributed by atoms with Crippen molar-refractivity contribution in [1.82, 2.24) is 9.55 Å². The molecule has 0 amide bonds. The molecule has 0 saturated heterocycles. The monoisotopic (exact) mass is 352 g/mol. The summed E-state index contributed by atoms with van der Waals surface area (Å²) in [4.78, 5) is 4.52. The lowest BCUT2D eigenvalue weighted by Crippen LogP contribution is -2.19. The number of aromatic nitrogens is 2. The van der Waals surface area contributed by atoms with Gasteiger partial charge in [0.15, 0.2) is 0 Å². The lowest BCUT2D eigenvalue weighted by Gasteiger charge is -2.14. The largest absolute Gasteiger partial charge is 0.325 e. The summed E-state index contributed by atoms with van der Waals surface area (Å²) in [5.41, 5.74) is 1.61. The fraction of sp³-hybridized carbons (Fsp3) is 0.462. The normalized spacial score (nSPS) is 16.3. The first-order chi connectivity index (χ1) is 9.31. The van der Waals surface area contributed by atoms with E-state index < -0.39 is 10.8 Å². The highest BCUT2D eigenvalue weighted by Crippen LogP contribution is 2.31. The number of fused-ring (bicyclic) bond motifs is 1. The number of alkyl halides is 1. The van der Waals surface area contributed by atoms with E-state index in [0.717, 1.165) is 16.9 Å². The van der Waals surface area contributed by atoms with Crippen LogP contribution in [0.4, 0.5) is 0 Å². The van der Waals surface area contributed by atoms with Crippen molar-refractivity contribution in [3.05, 3.63) is 28.0 Å². The summed E-state index contributed by atoms with van der Waals surface area (Å²) in [5.74, 6) is 0.734. The van der Waals surface area contributed by atoms with Crippen LogP contribution in [0.15, 0.2) is 12.1 Å². The first kappa shape index (κ1) is 16.1. The van der Waals surface area contributed by atoms with Gasteiger partial charge in [-0.1, -0.05) is 23.2 Å². The summed E-state index contributed by atoms with van der Waals surface area (Å²) >= 11 is 18.3. The third-order valence-corrected chi connectivity index (χ3v) is 5.38. The maximum Gasteiger partial charge on any atom is 0.127 e. The first-order valence-corrected chi connectivity index (χ1v) is 8.94. The van der Waals surface area contributed by atoms with Crippen molar-refractivity contribution in [1.29, 1.82) is 0 Å². The molecule has 20 heavy (non-hydrogen) atoms. The maximum absolute atomic E-state index is 11.6. The molecule has 0 aliphatic rings. The SMILES string of the molecule is CC(Cl)c1nc2cc(Cl)c(Cl)cc2n1CC(C)S(C)=O. The van der Waals surface area contributed by atoms with Gasteiger partial charge >= 0.3 is 0 Å². The Morgan fingerprint density at radius 2 is 1.90 bits per heavy atom. The van der Waals surface area contributed by atoms with Crippen molar-refractivity contribution >= 4 is 56.6 Å². The number of benzene rings is 1. The molecule has 3 unspecified atom stereocenters. The fourth-order valence-corrected chi connectivity index (χ4v) is 2.84. The highest BCUT2D eigenvalue weighted by molar-refractivity contribution is 7.84. The van der Waals surface area contributed by atoms with E-state index in [-0.39, 0.29) is 10.6 Å². The molecule has 0 N–H and O–H groups in total. The van der Waals surface area contributed by atoms with Gasteiger partial charge in [-0.3, -0.25) is 4.21 Å². The van der Waals surface area contributed by atoms with Gasteiger partial charge in [-0.25, -0.2) is 4.98 Å². The number of halogens is 3. The third kappa shape index (κ3) is 3.14. The van der Waals surface area contributed by atoms with Crippen molar-refractivity contribution in [3.63, 3.8) is 0 Å². The van der Waals surface area contributed by atoms with Gasteiger partial charge in [-0.2, -0.15) is 0 Å². The zero-order valence-corrected chi connectivity index (χ0v) is 14.4. The van der Waals surface area contributed by atoms with Gasteiger partial charge in [0.25, 0.3) is 0 Å². The Labute approximate surface area is 135 Å². The van der Waals surface area contributed by atoms with Crippen LogP contribution in [0.2, 0.25) is 10.0 Å². The van der Waals surface area contributed by atoms with Gasteiger partial charge in [0, 0.05) is 28.9 Å². The summed E-state index contributed by atoms with van der Waals surface area (Å²) in [6, 6.07) is 3.51. The van der Waals surface area contributed by atoms with E-state index in [1.54, 1.807) is 18.4 Å². The Kier molecular flexibility index (Phi) is 5.00. The van der Waals surface area contributed by atoms with Crippen LogP contribution in [0.3, 0.4) is 0 Å². The molecule has 0 aliphatic heterocycles. The number of hydrogen-bond donors (Lipinski definition) is 0. The Morgan fingerprint density at radius 1 is 1.30 bits per heavy atom. The van der Waals surface area contributed by atoms with Crippen LogP contribution in [0.1, 0.15) is 25.0 Å². The van der Waals surface area contributed by atoms with Gasteiger partial charge < -0.3 is 4.57 Å².